The normalized spacial score (nSPS) is 19.8. The zero-order valence-corrected chi connectivity index (χ0v) is 26.3. The molecule has 2 aromatic carbocycles. The number of fused-ring (bicyclic) bond motifs is 2. The van der Waals surface area contributed by atoms with E-state index < -0.39 is 31.5 Å². The molecule has 11 nitrogen and oxygen atoms in total. The number of ether oxygens (including phenoxy) is 2. The maximum Gasteiger partial charge on any atom is 0.243 e. The molecule has 1 N–H and O–H groups in total. The van der Waals surface area contributed by atoms with Crippen molar-refractivity contribution in [2.45, 2.75) is 37.3 Å². The maximum absolute atomic E-state index is 13.8. The molecule has 13 heteroatoms. The van der Waals surface area contributed by atoms with E-state index in [4.69, 9.17) is 9.47 Å². The zero-order chi connectivity index (χ0) is 30.5. The molecule has 3 heterocycles. The highest BCUT2D eigenvalue weighted by Crippen LogP contribution is 2.47. The summed E-state index contributed by atoms with van der Waals surface area (Å²) in [5.41, 5.74) is 2.21. The molecule has 236 valence electrons. The Labute approximate surface area is 255 Å². The predicted octanol–water partition coefficient (Wildman–Crippen LogP) is 1.55. The summed E-state index contributed by atoms with van der Waals surface area (Å²) in [5, 5.41) is 0. The maximum atomic E-state index is 13.8. The van der Waals surface area contributed by atoms with Crippen LogP contribution in [0.15, 0.2) is 54.6 Å². The van der Waals surface area contributed by atoms with E-state index in [1.165, 1.54) is 10.6 Å². The number of carbonyl (C=O) groups is 1. The molecule has 0 bridgehead atoms. The van der Waals surface area contributed by atoms with Crippen molar-refractivity contribution >= 4 is 31.6 Å². The van der Waals surface area contributed by atoms with Gasteiger partial charge in [0.15, 0.2) is 0 Å². The molecule has 43 heavy (non-hydrogen) atoms. The highest BCUT2D eigenvalue weighted by atomic mass is 32.2. The molecule has 1 amide bonds. The standard InChI is InChI=1S/C30H42N4O7S2/c1-42(36,37)34-24-30(26-10-5-6-11-28(26)34)12-15-33(16-13-30)29(35)27(23-41-22-25-8-3-2-4-9-25)31-43(38,39)21-7-14-32-17-19-40-20-18-32/h2-6,8-11,27,31H,7,12-24H2,1H3/t27-/m1/s1. The lowest BCUT2D eigenvalue weighted by Gasteiger charge is -2.40. The molecular weight excluding hydrogens is 592 g/mol. The van der Waals surface area contributed by atoms with Crippen molar-refractivity contribution in [3.63, 3.8) is 0 Å². The molecule has 2 saturated heterocycles. The summed E-state index contributed by atoms with van der Waals surface area (Å²) in [6, 6.07) is 16.0. The Balaban J connectivity index is 1.24. The highest BCUT2D eigenvalue weighted by Gasteiger charge is 2.48. The van der Waals surface area contributed by atoms with E-state index in [1.54, 1.807) is 4.90 Å². The van der Waals surface area contributed by atoms with Gasteiger partial charge in [0.2, 0.25) is 26.0 Å². The fourth-order valence-electron chi connectivity index (χ4n) is 6.29. The minimum Gasteiger partial charge on any atom is -0.379 e. The largest absolute Gasteiger partial charge is 0.379 e. The van der Waals surface area contributed by atoms with Gasteiger partial charge in [0.05, 0.1) is 44.1 Å². The van der Waals surface area contributed by atoms with E-state index in [2.05, 4.69) is 9.62 Å². The molecule has 2 fully saturated rings. The Bertz CT molecular complexity index is 1460. The molecular formula is C30H42N4O7S2. The Morgan fingerprint density at radius 2 is 1.65 bits per heavy atom. The molecule has 3 aliphatic heterocycles. The summed E-state index contributed by atoms with van der Waals surface area (Å²) < 4.78 is 66.7. The van der Waals surface area contributed by atoms with E-state index in [0.29, 0.717) is 64.3 Å². The summed E-state index contributed by atoms with van der Waals surface area (Å²) in [4.78, 5) is 17.7. The van der Waals surface area contributed by atoms with Gasteiger partial charge in [-0.1, -0.05) is 48.5 Å². The Morgan fingerprint density at radius 1 is 0.977 bits per heavy atom. The van der Waals surface area contributed by atoms with Crippen molar-refractivity contribution in [2.75, 3.05) is 75.4 Å². The summed E-state index contributed by atoms with van der Waals surface area (Å²) in [7, 11) is -7.21. The van der Waals surface area contributed by atoms with Crippen LogP contribution in [0.4, 0.5) is 5.69 Å². The summed E-state index contributed by atoms with van der Waals surface area (Å²) >= 11 is 0. The van der Waals surface area contributed by atoms with E-state index in [1.807, 2.05) is 54.6 Å². The van der Waals surface area contributed by atoms with Gasteiger partial charge in [-0.3, -0.25) is 14.0 Å². The second kappa shape index (κ2) is 13.6. The number of likely N-dealkylation sites (tertiary alicyclic amines) is 1. The minimum absolute atomic E-state index is 0.0892. The van der Waals surface area contributed by atoms with Crippen LogP contribution in [0.5, 0.6) is 0 Å². The van der Waals surface area contributed by atoms with Crippen LogP contribution < -0.4 is 9.03 Å². The third-order valence-corrected chi connectivity index (χ3v) is 11.2. The van der Waals surface area contributed by atoms with E-state index in [9.17, 15) is 21.6 Å². The van der Waals surface area contributed by atoms with Crippen LogP contribution >= 0.6 is 0 Å². The molecule has 0 aliphatic carbocycles. The number of hydrogen-bond acceptors (Lipinski definition) is 8. The van der Waals surface area contributed by atoms with Crippen molar-refractivity contribution in [2.24, 2.45) is 0 Å². The topological polar surface area (TPSA) is 126 Å². The highest BCUT2D eigenvalue weighted by molar-refractivity contribution is 7.92. The SMILES string of the molecule is CS(=O)(=O)N1CC2(CCN(C(=O)[C@@H](COCc3ccccc3)NS(=O)(=O)CCCN3CCOCC3)CC2)c2ccccc21. The van der Waals surface area contributed by atoms with Crippen molar-refractivity contribution in [1.82, 2.24) is 14.5 Å². The zero-order valence-electron chi connectivity index (χ0n) is 24.7. The summed E-state index contributed by atoms with van der Waals surface area (Å²) in [5.74, 6) is -0.417. The number of piperidine rings is 1. The second-order valence-corrected chi connectivity index (χ2v) is 15.5. The van der Waals surface area contributed by atoms with Crippen LogP contribution in [0.2, 0.25) is 0 Å². The number of morpholine rings is 1. The van der Waals surface area contributed by atoms with Gasteiger partial charge < -0.3 is 14.4 Å². The average molecular weight is 635 g/mol. The smallest absolute Gasteiger partial charge is 0.243 e. The molecule has 3 aliphatic rings. The molecule has 0 radical (unpaired) electrons. The van der Waals surface area contributed by atoms with Crippen molar-refractivity contribution < 1.29 is 31.1 Å². The van der Waals surface area contributed by atoms with Crippen LogP contribution in [-0.2, 0) is 46.3 Å². The Kier molecular flexibility index (Phi) is 10.1. The van der Waals surface area contributed by atoms with Crippen molar-refractivity contribution in [3.8, 4) is 0 Å². The lowest BCUT2D eigenvalue weighted by molar-refractivity contribution is -0.136. The monoisotopic (exact) mass is 634 g/mol. The molecule has 5 rings (SSSR count). The first-order chi connectivity index (χ1) is 20.6. The van der Waals surface area contributed by atoms with Crippen LogP contribution in [0, 0.1) is 0 Å². The van der Waals surface area contributed by atoms with Gasteiger partial charge in [-0.2, -0.15) is 0 Å². The van der Waals surface area contributed by atoms with Crippen LogP contribution in [-0.4, -0.2) is 110 Å². The number of benzene rings is 2. The lowest BCUT2D eigenvalue weighted by Crippen LogP contribution is -2.55. The van der Waals surface area contributed by atoms with Crippen molar-refractivity contribution in [3.05, 3.63) is 65.7 Å². The van der Waals surface area contributed by atoms with E-state index in [0.717, 1.165) is 24.2 Å². The number of rotatable bonds is 12. The number of amides is 1. The van der Waals surface area contributed by atoms with Gasteiger partial charge in [-0.15, -0.1) is 0 Å². The first-order valence-corrected chi connectivity index (χ1v) is 18.3. The Morgan fingerprint density at radius 3 is 2.35 bits per heavy atom. The third-order valence-electron chi connectivity index (χ3n) is 8.63. The van der Waals surface area contributed by atoms with Gasteiger partial charge in [0.25, 0.3) is 0 Å². The average Bonchev–Trinajstić information content (AvgIpc) is 3.32. The second-order valence-electron chi connectivity index (χ2n) is 11.7. The Hall–Kier alpha value is -2.55. The van der Waals surface area contributed by atoms with E-state index in [-0.39, 0.29) is 24.9 Å². The first-order valence-electron chi connectivity index (χ1n) is 14.8. The molecule has 0 saturated carbocycles. The number of sulfonamides is 2. The van der Waals surface area contributed by atoms with Crippen LogP contribution in [0.1, 0.15) is 30.4 Å². The van der Waals surface area contributed by atoms with Gasteiger partial charge >= 0.3 is 0 Å². The number of nitrogens with one attached hydrogen (secondary N) is 1. The third kappa shape index (κ3) is 7.95. The van der Waals surface area contributed by atoms with Crippen LogP contribution in [0.3, 0.4) is 0 Å². The van der Waals surface area contributed by atoms with Gasteiger partial charge in [-0.05, 0) is 43.0 Å². The molecule has 0 unspecified atom stereocenters. The fourth-order valence-corrected chi connectivity index (χ4v) is 8.51. The number of hydrogen-bond donors (Lipinski definition) is 1. The summed E-state index contributed by atoms with van der Waals surface area (Å²) in [6.45, 7) is 4.78. The number of nitrogens with zero attached hydrogens (tertiary/aromatic N) is 3. The lowest BCUT2D eigenvalue weighted by atomic mass is 9.74. The minimum atomic E-state index is -3.75. The molecule has 2 aromatic rings. The quantitative estimate of drug-likeness (QED) is 0.373. The molecule has 0 aromatic heterocycles. The summed E-state index contributed by atoms with van der Waals surface area (Å²) in [6.07, 6.45) is 2.81. The van der Waals surface area contributed by atoms with Crippen LogP contribution in [0.25, 0.3) is 0 Å². The number of anilines is 1. The van der Waals surface area contributed by atoms with E-state index >= 15 is 0 Å². The fraction of sp³-hybridized carbons (Fsp3) is 0.567. The van der Waals surface area contributed by atoms with Crippen molar-refractivity contribution in [1.29, 1.82) is 0 Å². The molecule has 1 atom stereocenters. The van der Waals surface area contributed by atoms with Gasteiger partial charge in [0.1, 0.15) is 6.04 Å². The first kappa shape index (κ1) is 31.9. The molecule has 1 spiro atoms. The number of para-hydroxylation sites is 1. The van der Waals surface area contributed by atoms with Gasteiger partial charge in [0, 0.05) is 38.1 Å². The predicted molar refractivity (Wildman–Crippen MR) is 165 cm³/mol. The number of carbonyl (C=O) groups excluding carboxylic acids is 1. The van der Waals surface area contributed by atoms with Gasteiger partial charge in [-0.25, -0.2) is 21.6 Å².